The summed E-state index contributed by atoms with van der Waals surface area (Å²) in [4.78, 5) is 24.8. The van der Waals surface area contributed by atoms with E-state index in [-0.39, 0.29) is 18.4 Å². The highest BCUT2D eigenvalue weighted by atomic mass is 35.5. The predicted octanol–water partition coefficient (Wildman–Crippen LogP) is 4.63. The molecule has 0 bridgehead atoms. The quantitative estimate of drug-likeness (QED) is 0.533. The van der Waals surface area contributed by atoms with E-state index in [4.69, 9.17) is 25.8 Å². The first kappa shape index (κ1) is 22.0. The number of benzene rings is 3. The molecule has 0 saturated carbocycles. The molecule has 0 spiro atoms. The third-order valence-electron chi connectivity index (χ3n) is 4.27. The van der Waals surface area contributed by atoms with Crippen molar-refractivity contribution in [1.82, 2.24) is 0 Å². The monoisotopic (exact) mass is 440 g/mol. The average Bonchev–Trinajstić information content (AvgIpc) is 2.79. The molecule has 0 atom stereocenters. The molecule has 2 amide bonds. The number of carbonyl (C=O) groups excluding carboxylic acids is 2. The van der Waals surface area contributed by atoms with Crippen LogP contribution in [-0.2, 0) is 4.79 Å². The van der Waals surface area contributed by atoms with Gasteiger partial charge >= 0.3 is 0 Å². The predicted molar refractivity (Wildman–Crippen MR) is 120 cm³/mol. The molecular weight excluding hydrogens is 420 g/mol. The van der Waals surface area contributed by atoms with E-state index >= 15 is 0 Å². The van der Waals surface area contributed by atoms with Gasteiger partial charge in [-0.3, -0.25) is 9.59 Å². The normalized spacial score (nSPS) is 10.2. The van der Waals surface area contributed by atoms with Crippen molar-refractivity contribution in [2.75, 3.05) is 31.5 Å². The zero-order valence-electron chi connectivity index (χ0n) is 17.0. The lowest BCUT2D eigenvalue weighted by molar-refractivity contribution is -0.118. The SMILES string of the molecule is COc1ccc(C(=O)Nc2cc(NC(=O)COc3ccc(Cl)cc3)ccc2OC)cc1. The Kier molecular flexibility index (Phi) is 7.35. The standard InChI is InChI=1S/C23H21ClN2O5/c1-29-18-8-3-15(4-9-18)23(28)26-20-13-17(7-12-21(20)30-2)25-22(27)14-31-19-10-5-16(24)6-11-19/h3-13H,14H2,1-2H3,(H,25,27)(H,26,28). The largest absolute Gasteiger partial charge is 0.497 e. The summed E-state index contributed by atoms with van der Waals surface area (Å²) in [6.45, 7) is -0.179. The van der Waals surface area contributed by atoms with Crippen LogP contribution in [-0.4, -0.2) is 32.6 Å². The minimum Gasteiger partial charge on any atom is -0.497 e. The summed E-state index contributed by atoms with van der Waals surface area (Å²) in [5, 5.41) is 6.10. The van der Waals surface area contributed by atoms with Gasteiger partial charge in [0, 0.05) is 16.3 Å². The van der Waals surface area contributed by atoms with E-state index in [0.717, 1.165) is 0 Å². The fourth-order valence-corrected chi connectivity index (χ4v) is 2.82. The first-order valence-electron chi connectivity index (χ1n) is 9.30. The van der Waals surface area contributed by atoms with Crippen LogP contribution in [0.2, 0.25) is 5.02 Å². The van der Waals surface area contributed by atoms with Crippen molar-refractivity contribution in [3.05, 3.63) is 77.3 Å². The number of rotatable bonds is 8. The molecule has 0 aliphatic heterocycles. The number of amides is 2. The van der Waals surface area contributed by atoms with Crippen molar-refractivity contribution >= 4 is 34.8 Å². The number of ether oxygens (including phenoxy) is 3. The van der Waals surface area contributed by atoms with Crippen LogP contribution in [0.5, 0.6) is 17.2 Å². The van der Waals surface area contributed by atoms with Gasteiger partial charge in [0.15, 0.2) is 6.61 Å². The first-order valence-corrected chi connectivity index (χ1v) is 9.68. The lowest BCUT2D eigenvalue weighted by atomic mass is 10.2. The molecule has 31 heavy (non-hydrogen) atoms. The highest BCUT2D eigenvalue weighted by Gasteiger charge is 2.12. The summed E-state index contributed by atoms with van der Waals surface area (Å²) in [5.41, 5.74) is 1.35. The van der Waals surface area contributed by atoms with Gasteiger partial charge in [0.05, 0.1) is 19.9 Å². The Balaban J connectivity index is 1.65. The van der Waals surface area contributed by atoms with Crippen LogP contribution in [0.3, 0.4) is 0 Å². The summed E-state index contributed by atoms with van der Waals surface area (Å²) in [6.07, 6.45) is 0. The maximum Gasteiger partial charge on any atom is 0.262 e. The van der Waals surface area contributed by atoms with E-state index in [2.05, 4.69) is 10.6 Å². The van der Waals surface area contributed by atoms with Crippen LogP contribution in [0.15, 0.2) is 66.7 Å². The fourth-order valence-electron chi connectivity index (χ4n) is 2.70. The second kappa shape index (κ2) is 10.4. The zero-order valence-corrected chi connectivity index (χ0v) is 17.7. The van der Waals surface area contributed by atoms with Crippen LogP contribution in [0.4, 0.5) is 11.4 Å². The van der Waals surface area contributed by atoms with Gasteiger partial charge in [-0.1, -0.05) is 11.6 Å². The van der Waals surface area contributed by atoms with Crippen LogP contribution in [0.25, 0.3) is 0 Å². The number of hydrogen-bond acceptors (Lipinski definition) is 5. The number of methoxy groups -OCH3 is 2. The van der Waals surface area contributed by atoms with Crippen LogP contribution < -0.4 is 24.8 Å². The van der Waals surface area contributed by atoms with Gasteiger partial charge in [-0.05, 0) is 66.7 Å². The fraction of sp³-hybridized carbons (Fsp3) is 0.130. The minimum absolute atomic E-state index is 0.179. The molecule has 0 fully saturated rings. The van der Waals surface area contributed by atoms with Gasteiger partial charge in [-0.15, -0.1) is 0 Å². The Hall–Kier alpha value is -3.71. The molecule has 7 nitrogen and oxygen atoms in total. The third kappa shape index (κ3) is 6.13. The first-order chi connectivity index (χ1) is 15.0. The van der Waals surface area contributed by atoms with E-state index < -0.39 is 0 Å². The molecule has 3 aromatic carbocycles. The lowest BCUT2D eigenvalue weighted by Crippen LogP contribution is -2.20. The molecule has 3 rings (SSSR count). The highest BCUT2D eigenvalue weighted by molar-refractivity contribution is 6.30. The topological polar surface area (TPSA) is 85.9 Å². The van der Waals surface area contributed by atoms with Crippen molar-refractivity contribution in [3.63, 3.8) is 0 Å². The van der Waals surface area contributed by atoms with Gasteiger partial charge in [0.25, 0.3) is 11.8 Å². The number of anilines is 2. The van der Waals surface area contributed by atoms with Crippen molar-refractivity contribution in [2.24, 2.45) is 0 Å². The Morgan fingerprint density at radius 1 is 0.839 bits per heavy atom. The number of carbonyl (C=O) groups is 2. The molecule has 3 aromatic rings. The van der Waals surface area contributed by atoms with Gasteiger partial charge < -0.3 is 24.8 Å². The van der Waals surface area contributed by atoms with E-state index in [0.29, 0.717) is 39.2 Å². The third-order valence-corrected chi connectivity index (χ3v) is 4.52. The maximum absolute atomic E-state index is 12.6. The molecule has 0 radical (unpaired) electrons. The summed E-state index contributed by atoms with van der Waals surface area (Å²) >= 11 is 5.83. The Morgan fingerprint density at radius 3 is 2.16 bits per heavy atom. The molecule has 160 valence electrons. The van der Waals surface area contributed by atoms with E-state index in [1.165, 1.54) is 7.11 Å². The Morgan fingerprint density at radius 2 is 1.52 bits per heavy atom. The Bertz CT molecular complexity index is 1050. The van der Waals surface area contributed by atoms with E-state index in [9.17, 15) is 9.59 Å². The van der Waals surface area contributed by atoms with Crippen LogP contribution >= 0.6 is 11.6 Å². The summed E-state index contributed by atoms with van der Waals surface area (Å²) in [6, 6.07) is 18.3. The lowest BCUT2D eigenvalue weighted by Gasteiger charge is -2.13. The highest BCUT2D eigenvalue weighted by Crippen LogP contribution is 2.28. The van der Waals surface area contributed by atoms with Gasteiger partial charge in [-0.25, -0.2) is 0 Å². The van der Waals surface area contributed by atoms with Crippen LogP contribution in [0.1, 0.15) is 10.4 Å². The summed E-state index contributed by atoms with van der Waals surface area (Å²) in [5.74, 6) is 0.960. The van der Waals surface area contributed by atoms with E-state index in [1.54, 1.807) is 73.8 Å². The molecule has 0 saturated heterocycles. The van der Waals surface area contributed by atoms with Crippen molar-refractivity contribution in [1.29, 1.82) is 0 Å². The van der Waals surface area contributed by atoms with Gasteiger partial charge in [0.2, 0.25) is 0 Å². The Labute approximate surface area is 184 Å². The zero-order chi connectivity index (χ0) is 22.2. The molecule has 8 heteroatoms. The van der Waals surface area contributed by atoms with Gasteiger partial charge in [0.1, 0.15) is 17.2 Å². The molecule has 0 aliphatic carbocycles. The molecule has 2 N–H and O–H groups in total. The van der Waals surface area contributed by atoms with Gasteiger partial charge in [-0.2, -0.15) is 0 Å². The summed E-state index contributed by atoms with van der Waals surface area (Å²) in [7, 11) is 3.05. The van der Waals surface area contributed by atoms with Crippen molar-refractivity contribution < 1.29 is 23.8 Å². The second-order valence-electron chi connectivity index (χ2n) is 6.39. The molecule has 0 aliphatic rings. The molecule has 0 heterocycles. The maximum atomic E-state index is 12.6. The van der Waals surface area contributed by atoms with Crippen molar-refractivity contribution in [2.45, 2.75) is 0 Å². The van der Waals surface area contributed by atoms with E-state index in [1.807, 2.05) is 0 Å². The summed E-state index contributed by atoms with van der Waals surface area (Å²) < 4.78 is 15.8. The van der Waals surface area contributed by atoms with Crippen LogP contribution in [0, 0.1) is 0 Å². The molecular formula is C23H21ClN2O5. The molecule has 0 aromatic heterocycles. The number of nitrogens with one attached hydrogen (secondary N) is 2. The number of halogens is 1. The molecule has 0 unspecified atom stereocenters. The minimum atomic E-state index is -0.354. The number of hydrogen-bond donors (Lipinski definition) is 2. The van der Waals surface area contributed by atoms with Crippen molar-refractivity contribution in [3.8, 4) is 17.2 Å². The smallest absolute Gasteiger partial charge is 0.262 e. The second-order valence-corrected chi connectivity index (χ2v) is 6.82. The average molecular weight is 441 g/mol.